The molecule has 0 bridgehead atoms. The number of carbonyl (C=O) groups is 1. The maximum absolute atomic E-state index is 12.9. The van der Waals surface area contributed by atoms with Gasteiger partial charge in [-0.15, -0.1) is 0 Å². The Bertz CT molecular complexity index is 604. The lowest BCUT2D eigenvalue weighted by atomic mass is 9.77. The minimum Gasteiger partial charge on any atom is -0.388 e. The van der Waals surface area contributed by atoms with Crippen molar-refractivity contribution < 1.29 is 23.1 Å². The summed E-state index contributed by atoms with van der Waals surface area (Å²) in [5, 5.41) is 23.6. The predicted molar refractivity (Wildman–Crippen MR) is 77.9 cm³/mol. The monoisotopic (exact) mass is 346 g/mol. The molecule has 134 valence electrons. The van der Waals surface area contributed by atoms with Crippen LogP contribution < -0.4 is 5.32 Å². The van der Waals surface area contributed by atoms with E-state index >= 15 is 0 Å². The molecule has 3 rings (SSSR count). The molecule has 3 unspecified atom stereocenters. The molecule has 0 spiro atoms. The largest absolute Gasteiger partial charge is 0.391 e. The van der Waals surface area contributed by atoms with E-state index in [0.717, 1.165) is 11.4 Å². The molecule has 1 fully saturated rings. The molecule has 1 aromatic heterocycles. The third-order valence-electron chi connectivity index (χ3n) is 5.12. The maximum Gasteiger partial charge on any atom is 0.391 e. The molecule has 0 aromatic carbocycles. The topological polar surface area (TPSA) is 90.9 Å². The zero-order valence-electron chi connectivity index (χ0n) is 13.2. The zero-order chi connectivity index (χ0) is 17.4. The Labute approximate surface area is 137 Å². The highest BCUT2D eigenvalue weighted by Gasteiger charge is 2.47. The van der Waals surface area contributed by atoms with Crippen molar-refractivity contribution in [3.8, 4) is 0 Å². The van der Waals surface area contributed by atoms with E-state index in [9.17, 15) is 23.1 Å². The van der Waals surface area contributed by atoms with Gasteiger partial charge in [-0.25, -0.2) is 0 Å². The number of aliphatic hydroxyl groups is 1. The molecule has 1 saturated carbocycles. The van der Waals surface area contributed by atoms with Crippen LogP contribution in [0.5, 0.6) is 0 Å². The molecule has 24 heavy (non-hydrogen) atoms. The van der Waals surface area contributed by atoms with Crippen molar-refractivity contribution in [1.29, 1.82) is 0 Å². The Morgan fingerprint density at radius 2 is 2.08 bits per heavy atom. The third kappa shape index (κ3) is 3.71. The second kappa shape index (κ2) is 6.34. The lowest BCUT2D eigenvalue weighted by Crippen LogP contribution is -2.49. The van der Waals surface area contributed by atoms with E-state index in [2.05, 4.69) is 20.7 Å². The normalized spacial score (nSPS) is 30.7. The molecule has 2 aliphatic rings. The fourth-order valence-corrected chi connectivity index (χ4v) is 3.68. The molecular weight excluding hydrogens is 325 g/mol. The van der Waals surface area contributed by atoms with Crippen LogP contribution in [0.25, 0.3) is 0 Å². The zero-order valence-corrected chi connectivity index (χ0v) is 13.2. The molecule has 9 heteroatoms. The van der Waals surface area contributed by atoms with Gasteiger partial charge in [-0.3, -0.25) is 4.79 Å². The van der Waals surface area contributed by atoms with Crippen molar-refractivity contribution in [2.75, 3.05) is 6.54 Å². The first-order chi connectivity index (χ1) is 11.3. The minimum absolute atomic E-state index is 0.0390. The predicted octanol–water partition coefficient (Wildman–Crippen LogP) is 1.51. The molecule has 3 atom stereocenters. The summed E-state index contributed by atoms with van der Waals surface area (Å²) in [6.07, 6.45) is -2.31. The summed E-state index contributed by atoms with van der Waals surface area (Å²) >= 11 is 0. The van der Waals surface area contributed by atoms with Crippen molar-refractivity contribution >= 4 is 5.91 Å². The molecule has 3 N–H and O–H groups in total. The van der Waals surface area contributed by atoms with Crippen molar-refractivity contribution in [2.24, 2.45) is 11.8 Å². The number of alkyl halides is 3. The number of aromatic nitrogens is 3. The summed E-state index contributed by atoms with van der Waals surface area (Å²) in [6.45, 7) is -0.138. The number of halogens is 3. The average Bonchev–Trinajstić information content (AvgIpc) is 2.99. The van der Waals surface area contributed by atoms with E-state index in [1.54, 1.807) is 0 Å². The van der Waals surface area contributed by atoms with E-state index < -0.39 is 17.7 Å². The van der Waals surface area contributed by atoms with E-state index in [1.165, 1.54) is 0 Å². The molecule has 6 nitrogen and oxygen atoms in total. The number of aromatic amines is 1. The first-order valence-electron chi connectivity index (χ1n) is 8.22. The van der Waals surface area contributed by atoms with Gasteiger partial charge >= 0.3 is 6.18 Å². The van der Waals surface area contributed by atoms with Gasteiger partial charge in [-0.05, 0) is 38.5 Å². The molecule has 0 saturated heterocycles. The number of nitrogens with one attached hydrogen (secondary N) is 2. The Balaban J connectivity index is 1.54. The summed E-state index contributed by atoms with van der Waals surface area (Å²) in [5.74, 6) is -2.03. The fraction of sp³-hybridized carbons (Fsp3) is 0.800. The Morgan fingerprint density at radius 1 is 1.33 bits per heavy atom. The van der Waals surface area contributed by atoms with Crippen LogP contribution in [-0.2, 0) is 17.6 Å². The summed E-state index contributed by atoms with van der Waals surface area (Å²) in [4.78, 5) is 12.3. The lowest BCUT2D eigenvalue weighted by molar-refractivity contribution is -0.200. The van der Waals surface area contributed by atoms with Gasteiger partial charge < -0.3 is 10.4 Å². The molecule has 2 aliphatic carbocycles. The van der Waals surface area contributed by atoms with Crippen LogP contribution in [-0.4, -0.2) is 44.7 Å². The van der Waals surface area contributed by atoms with Gasteiger partial charge in [0.05, 0.1) is 22.9 Å². The first-order valence-corrected chi connectivity index (χ1v) is 8.22. The van der Waals surface area contributed by atoms with Crippen LogP contribution in [0, 0.1) is 11.8 Å². The van der Waals surface area contributed by atoms with Crippen LogP contribution in [0.15, 0.2) is 0 Å². The summed E-state index contributed by atoms with van der Waals surface area (Å²) in [6, 6.07) is 0. The number of H-pyrrole nitrogens is 1. The van der Waals surface area contributed by atoms with Gasteiger partial charge in [-0.1, -0.05) is 0 Å². The number of nitrogens with zero attached hydrogens (tertiary/aromatic N) is 2. The third-order valence-corrected chi connectivity index (χ3v) is 5.12. The molecule has 0 aliphatic heterocycles. The number of carbonyl (C=O) groups excluding carboxylic acids is 1. The highest BCUT2D eigenvalue weighted by atomic mass is 19.4. The van der Waals surface area contributed by atoms with Gasteiger partial charge in [0.1, 0.15) is 0 Å². The molecule has 1 heterocycles. The van der Waals surface area contributed by atoms with Gasteiger partial charge in [0.25, 0.3) is 0 Å². The van der Waals surface area contributed by atoms with Gasteiger partial charge in [0, 0.05) is 18.9 Å². The average molecular weight is 346 g/mol. The van der Waals surface area contributed by atoms with Crippen molar-refractivity contribution in [2.45, 2.75) is 56.7 Å². The number of hydrogen-bond donors (Lipinski definition) is 3. The van der Waals surface area contributed by atoms with Crippen molar-refractivity contribution in [3.63, 3.8) is 0 Å². The van der Waals surface area contributed by atoms with Crippen LogP contribution in [0.1, 0.15) is 43.5 Å². The minimum atomic E-state index is -4.30. The van der Waals surface area contributed by atoms with Gasteiger partial charge in [-0.2, -0.15) is 28.6 Å². The van der Waals surface area contributed by atoms with Gasteiger partial charge in [0.2, 0.25) is 5.91 Å². The van der Waals surface area contributed by atoms with Crippen LogP contribution in [0.2, 0.25) is 0 Å². The van der Waals surface area contributed by atoms with Crippen LogP contribution in [0.3, 0.4) is 0 Å². The van der Waals surface area contributed by atoms with E-state index in [4.69, 9.17) is 0 Å². The number of fused-ring (bicyclic) bond motifs is 1. The fourth-order valence-electron chi connectivity index (χ4n) is 3.68. The standard InChI is InChI=1S/C15H21F3N4O2/c16-15(17,18)10-2-1-5-14(24,7-10)8-19-13(23)9-3-4-11-12(6-9)21-22-20-11/h9-10,24H,1-8H2,(H,19,23)(H,20,21,22). The van der Waals surface area contributed by atoms with Crippen LogP contribution in [0.4, 0.5) is 13.2 Å². The summed E-state index contributed by atoms with van der Waals surface area (Å²) in [7, 11) is 0. The Hall–Kier alpha value is -1.64. The quantitative estimate of drug-likeness (QED) is 0.774. The second-order valence-corrected chi connectivity index (χ2v) is 6.93. The first kappa shape index (κ1) is 17.2. The SMILES string of the molecule is O=C(NCC1(O)CCCC(C(F)(F)F)C1)C1CCc2n[nH]nc2C1. The van der Waals surface area contributed by atoms with E-state index in [1.807, 2.05) is 0 Å². The number of aryl methyl sites for hydroxylation is 1. The van der Waals surface area contributed by atoms with E-state index in [-0.39, 0.29) is 37.6 Å². The highest BCUT2D eigenvalue weighted by Crippen LogP contribution is 2.41. The smallest absolute Gasteiger partial charge is 0.388 e. The number of rotatable bonds is 3. The molecule has 1 amide bonds. The molecule has 0 radical (unpaired) electrons. The maximum atomic E-state index is 12.9. The lowest BCUT2D eigenvalue weighted by Gasteiger charge is -2.38. The Kier molecular flexibility index (Phi) is 4.54. The van der Waals surface area contributed by atoms with Gasteiger partial charge in [0.15, 0.2) is 0 Å². The van der Waals surface area contributed by atoms with Crippen molar-refractivity contribution in [1.82, 2.24) is 20.7 Å². The van der Waals surface area contributed by atoms with Crippen LogP contribution >= 0.6 is 0 Å². The second-order valence-electron chi connectivity index (χ2n) is 6.93. The highest BCUT2D eigenvalue weighted by molar-refractivity contribution is 5.79. The number of hydrogen-bond acceptors (Lipinski definition) is 4. The summed E-state index contributed by atoms with van der Waals surface area (Å²) in [5.41, 5.74) is 0.134. The summed E-state index contributed by atoms with van der Waals surface area (Å²) < 4.78 is 38.6. The Morgan fingerprint density at radius 3 is 2.83 bits per heavy atom. The van der Waals surface area contributed by atoms with E-state index in [0.29, 0.717) is 25.7 Å². The van der Waals surface area contributed by atoms with Crippen molar-refractivity contribution in [3.05, 3.63) is 11.4 Å². The molecular formula is C15H21F3N4O2. The number of amides is 1. The molecule has 1 aromatic rings.